The van der Waals surface area contributed by atoms with Crippen molar-refractivity contribution in [1.82, 2.24) is 4.98 Å². The molecule has 1 aromatic heterocycles. The Bertz CT molecular complexity index is 1360. The number of carbonyl (C=O) groups excluding carboxylic acids is 1. The predicted molar refractivity (Wildman–Crippen MR) is 130 cm³/mol. The van der Waals surface area contributed by atoms with Crippen LogP contribution < -0.4 is 4.74 Å². The van der Waals surface area contributed by atoms with E-state index in [4.69, 9.17) is 32.7 Å². The molecule has 1 heterocycles. The lowest BCUT2D eigenvalue weighted by Gasteiger charge is -2.17. The van der Waals surface area contributed by atoms with Crippen LogP contribution in [0, 0.1) is 11.6 Å². The van der Waals surface area contributed by atoms with Gasteiger partial charge in [0.1, 0.15) is 34.6 Å². The molecule has 0 amide bonds. The number of fused-ring (bicyclic) bond motifs is 1. The second-order valence-corrected chi connectivity index (χ2v) is 8.92. The molecule has 34 heavy (non-hydrogen) atoms. The number of pyridine rings is 1. The zero-order valence-electron chi connectivity index (χ0n) is 17.8. The third kappa shape index (κ3) is 5.12. The van der Waals surface area contributed by atoms with E-state index in [9.17, 15) is 13.6 Å². The Kier molecular flexibility index (Phi) is 7.56. The molecule has 0 saturated carbocycles. The van der Waals surface area contributed by atoms with Crippen molar-refractivity contribution in [2.45, 2.75) is 17.4 Å². The third-order valence-corrected chi connectivity index (χ3v) is 6.73. The molecule has 4 aromatic rings. The summed E-state index contributed by atoms with van der Waals surface area (Å²) in [6.45, 7) is -0.211. The topological polar surface area (TPSA) is 48.4 Å². The van der Waals surface area contributed by atoms with Gasteiger partial charge in [0.25, 0.3) is 0 Å². The highest BCUT2D eigenvalue weighted by molar-refractivity contribution is 7.98. The second-order valence-electron chi connectivity index (χ2n) is 7.14. The number of benzene rings is 3. The van der Waals surface area contributed by atoms with Crippen molar-refractivity contribution >= 4 is 51.8 Å². The van der Waals surface area contributed by atoms with Crippen LogP contribution in [0.1, 0.15) is 21.5 Å². The Morgan fingerprint density at radius 1 is 1.03 bits per heavy atom. The van der Waals surface area contributed by atoms with Crippen LogP contribution in [-0.4, -0.2) is 18.1 Å². The number of halogens is 4. The summed E-state index contributed by atoms with van der Waals surface area (Å²) in [5.74, 6) is -1.12. The molecule has 3 aromatic carbocycles. The molecular weight excluding hydrogens is 503 g/mol. The normalized spacial score (nSPS) is 11.0. The van der Waals surface area contributed by atoms with Gasteiger partial charge in [-0.3, -0.25) is 0 Å². The van der Waals surface area contributed by atoms with Crippen LogP contribution in [-0.2, 0) is 17.1 Å². The van der Waals surface area contributed by atoms with E-state index in [1.807, 2.05) is 0 Å². The third-order valence-electron chi connectivity index (χ3n) is 5.00. The molecule has 0 aliphatic rings. The standard InChI is InChI=1S/C25H17Cl2F2NO3S/c1-32-25(31)22-23(33-12-17-18(26)6-4-7-20(17)29)16-5-2-3-8-21(16)30-24(22)34-13-14-9-10-15(28)11-19(14)27/h2-11H,12-13H2,1H3. The van der Waals surface area contributed by atoms with Gasteiger partial charge in [-0.15, -0.1) is 11.8 Å². The van der Waals surface area contributed by atoms with Crippen molar-refractivity contribution in [2.75, 3.05) is 7.11 Å². The number of hydrogen-bond acceptors (Lipinski definition) is 5. The molecule has 174 valence electrons. The molecule has 4 nitrogen and oxygen atoms in total. The number of thioether (sulfide) groups is 1. The Balaban J connectivity index is 1.78. The summed E-state index contributed by atoms with van der Waals surface area (Å²) in [6, 6.07) is 15.5. The Hall–Kier alpha value is -2.87. The van der Waals surface area contributed by atoms with Gasteiger partial charge in [0.2, 0.25) is 0 Å². The first-order chi connectivity index (χ1) is 16.4. The highest BCUT2D eigenvalue weighted by atomic mass is 35.5. The van der Waals surface area contributed by atoms with Crippen molar-refractivity contribution in [3.63, 3.8) is 0 Å². The molecule has 0 bridgehead atoms. The van der Waals surface area contributed by atoms with Gasteiger partial charge in [0.05, 0.1) is 17.6 Å². The number of rotatable bonds is 7. The highest BCUT2D eigenvalue weighted by Crippen LogP contribution is 2.38. The molecule has 0 radical (unpaired) electrons. The van der Waals surface area contributed by atoms with Crippen molar-refractivity contribution < 1.29 is 23.0 Å². The first-order valence-electron chi connectivity index (χ1n) is 10.0. The second kappa shape index (κ2) is 10.6. The van der Waals surface area contributed by atoms with E-state index in [-0.39, 0.29) is 33.5 Å². The van der Waals surface area contributed by atoms with E-state index in [1.165, 1.54) is 43.1 Å². The van der Waals surface area contributed by atoms with E-state index < -0.39 is 17.6 Å². The molecule has 4 rings (SSSR count). The van der Waals surface area contributed by atoms with E-state index in [1.54, 1.807) is 36.4 Å². The smallest absolute Gasteiger partial charge is 0.344 e. The summed E-state index contributed by atoms with van der Waals surface area (Å²) in [4.78, 5) is 17.5. The SMILES string of the molecule is COC(=O)c1c(SCc2ccc(F)cc2Cl)nc2ccccc2c1OCc1c(F)cccc1Cl. The van der Waals surface area contributed by atoms with Crippen LogP contribution in [0.25, 0.3) is 10.9 Å². The summed E-state index contributed by atoms with van der Waals surface area (Å²) < 4.78 is 38.8. The number of aromatic nitrogens is 1. The molecule has 0 unspecified atom stereocenters. The van der Waals surface area contributed by atoms with Gasteiger partial charge >= 0.3 is 5.97 Å². The van der Waals surface area contributed by atoms with Crippen LogP contribution in [0.3, 0.4) is 0 Å². The summed E-state index contributed by atoms with van der Waals surface area (Å²) >= 11 is 13.5. The Labute approximate surface area is 208 Å². The summed E-state index contributed by atoms with van der Waals surface area (Å²) in [5.41, 5.74) is 1.49. The summed E-state index contributed by atoms with van der Waals surface area (Å²) in [7, 11) is 1.25. The maximum absolute atomic E-state index is 14.3. The number of para-hydroxylation sites is 1. The monoisotopic (exact) mass is 519 g/mol. The van der Waals surface area contributed by atoms with Gasteiger partial charge in [-0.1, -0.05) is 47.5 Å². The predicted octanol–water partition coefficient (Wildman–Crippen LogP) is 7.48. The lowest BCUT2D eigenvalue weighted by molar-refractivity contribution is 0.0590. The summed E-state index contributed by atoms with van der Waals surface area (Å²) in [5, 5.41) is 1.36. The van der Waals surface area contributed by atoms with Crippen LogP contribution in [0.4, 0.5) is 8.78 Å². The molecular formula is C25H17Cl2F2NO3S. The van der Waals surface area contributed by atoms with Gasteiger partial charge < -0.3 is 9.47 Å². The van der Waals surface area contributed by atoms with Gasteiger partial charge in [-0.25, -0.2) is 18.6 Å². The van der Waals surface area contributed by atoms with Crippen molar-refractivity contribution in [3.8, 4) is 5.75 Å². The lowest BCUT2D eigenvalue weighted by atomic mass is 10.1. The average Bonchev–Trinajstić information content (AvgIpc) is 2.82. The molecule has 0 fully saturated rings. The quantitative estimate of drug-likeness (QED) is 0.187. The molecule has 9 heteroatoms. The number of nitrogens with zero attached hydrogens (tertiary/aromatic N) is 1. The lowest BCUT2D eigenvalue weighted by Crippen LogP contribution is -2.10. The number of ether oxygens (including phenoxy) is 2. The van der Waals surface area contributed by atoms with E-state index >= 15 is 0 Å². The van der Waals surface area contributed by atoms with Gasteiger partial charge in [0, 0.05) is 21.7 Å². The van der Waals surface area contributed by atoms with Crippen LogP contribution in [0.15, 0.2) is 65.7 Å². The van der Waals surface area contributed by atoms with Crippen LogP contribution >= 0.6 is 35.0 Å². The number of hydrogen-bond donors (Lipinski definition) is 0. The van der Waals surface area contributed by atoms with Crippen LogP contribution in [0.2, 0.25) is 10.0 Å². The number of esters is 1. The number of methoxy groups -OCH3 is 1. The maximum Gasteiger partial charge on any atom is 0.344 e. The van der Waals surface area contributed by atoms with Gasteiger partial charge in [0.15, 0.2) is 0 Å². The minimum absolute atomic E-state index is 0.0943. The molecule has 0 aliphatic carbocycles. The minimum atomic E-state index is -0.666. The van der Waals surface area contributed by atoms with Gasteiger partial charge in [-0.05, 0) is 42.0 Å². The fourth-order valence-corrected chi connectivity index (χ4v) is 4.85. The first kappa shape index (κ1) is 24.3. The average molecular weight is 520 g/mol. The van der Waals surface area contributed by atoms with Crippen molar-refractivity contribution in [1.29, 1.82) is 0 Å². The summed E-state index contributed by atoms with van der Waals surface area (Å²) in [6.07, 6.45) is 0. The highest BCUT2D eigenvalue weighted by Gasteiger charge is 2.25. The zero-order valence-corrected chi connectivity index (χ0v) is 20.1. The zero-order chi connectivity index (χ0) is 24.2. The van der Waals surface area contributed by atoms with Gasteiger partial charge in [-0.2, -0.15) is 0 Å². The van der Waals surface area contributed by atoms with Crippen molar-refractivity contribution in [2.24, 2.45) is 0 Å². The van der Waals surface area contributed by atoms with E-state index in [2.05, 4.69) is 4.98 Å². The molecule has 0 N–H and O–H groups in total. The first-order valence-corrected chi connectivity index (χ1v) is 11.8. The Morgan fingerprint density at radius 2 is 1.82 bits per heavy atom. The maximum atomic E-state index is 14.3. The fourth-order valence-electron chi connectivity index (χ4n) is 3.30. The van der Waals surface area contributed by atoms with Crippen LogP contribution in [0.5, 0.6) is 5.75 Å². The Morgan fingerprint density at radius 3 is 2.56 bits per heavy atom. The van der Waals surface area contributed by atoms with Crippen molar-refractivity contribution in [3.05, 3.63) is 99.0 Å². The fraction of sp³-hybridized carbons (Fsp3) is 0.120. The largest absolute Gasteiger partial charge is 0.487 e. The van der Waals surface area contributed by atoms with E-state index in [0.29, 0.717) is 27.2 Å². The minimum Gasteiger partial charge on any atom is -0.487 e. The molecule has 0 spiro atoms. The molecule has 0 saturated heterocycles. The molecule has 0 atom stereocenters. The van der Waals surface area contributed by atoms with E-state index in [0.717, 1.165) is 0 Å². The number of carbonyl (C=O) groups is 1. The molecule has 0 aliphatic heterocycles.